The van der Waals surface area contributed by atoms with Crippen LogP contribution in [-0.2, 0) is 16.1 Å². The fourth-order valence-corrected chi connectivity index (χ4v) is 5.04. The Morgan fingerprint density at radius 3 is 2.61 bits per heavy atom. The number of imide groups is 1. The van der Waals surface area contributed by atoms with Gasteiger partial charge in [0.05, 0.1) is 4.91 Å². The van der Waals surface area contributed by atoms with Crippen LogP contribution in [-0.4, -0.2) is 33.1 Å². The molecule has 6 nitrogen and oxygen atoms in total. The molecule has 1 aliphatic heterocycles. The Balaban J connectivity index is 1.38. The number of anilines is 1. The summed E-state index contributed by atoms with van der Waals surface area (Å²) >= 11 is 7.13. The molecular formula is C27H19ClFN3O3S. The maximum atomic E-state index is 13.4. The van der Waals surface area contributed by atoms with Gasteiger partial charge in [-0.05, 0) is 53.7 Å². The van der Waals surface area contributed by atoms with Crippen LogP contribution in [0.15, 0.2) is 83.9 Å². The van der Waals surface area contributed by atoms with Crippen molar-refractivity contribution in [2.75, 3.05) is 11.9 Å². The Kier molecular flexibility index (Phi) is 6.63. The van der Waals surface area contributed by atoms with Crippen molar-refractivity contribution < 1.29 is 18.8 Å². The lowest BCUT2D eigenvalue weighted by Crippen LogP contribution is -2.36. The molecule has 3 aromatic carbocycles. The number of nitrogens with zero attached hydrogens (tertiary/aromatic N) is 2. The van der Waals surface area contributed by atoms with E-state index in [4.69, 9.17) is 11.6 Å². The normalized spacial score (nSPS) is 14.7. The van der Waals surface area contributed by atoms with Crippen molar-refractivity contribution >= 4 is 63.1 Å². The zero-order chi connectivity index (χ0) is 25.2. The van der Waals surface area contributed by atoms with E-state index in [-0.39, 0.29) is 10.6 Å². The smallest absolute Gasteiger partial charge is 0.294 e. The van der Waals surface area contributed by atoms with Gasteiger partial charge in [0.25, 0.3) is 11.1 Å². The Morgan fingerprint density at radius 2 is 1.81 bits per heavy atom. The number of hydrogen-bond donors (Lipinski definition) is 1. The van der Waals surface area contributed by atoms with Gasteiger partial charge in [0.1, 0.15) is 12.4 Å². The zero-order valence-corrected chi connectivity index (χ0v) is 20.4. The number of fused-ring (bicyclic) bond motifs is 1. The van der Waals surface area contributed by atoms with Crippen molar-refractivity contribution in [2.45, 2.75) is 6.54 Å². The molecule has 0 radical (unpaired) electrons. The van der Waals surface area contributed by atoms with Gasteiger partial charge in [-0.2, -0.15) is 0 Å². The average Bonchev–Trinajstić information content (AvgIpc) is 3.32. The van der Waals surface area contributed by atoms with Gasteiger partial charge < -0.3 is 9.88 Å². The van der Waals surface area contributed by atoms with Gasteiger partial charge in [0.15, 0.2) is 0 Å². The molecule has 1 saturated heterocycles. The third-order valence-corrected chi connectivity index (χ3v) is 6.96. The molecule has 180 valence electrons. The number of amides is 3. The summed E-state index contributed by atoms with van der Waals surface area (Å²) in [7, 11) is 0. The Morgan fingerprint density at radius 1 is 1.03 bits per heavy atom. The fraction of sp³-hybridized carbons (Fsp3) is 0.0741. The highest BCUT2D eigenvalue weighted by atomic mass is 35.5. The van der Waals surface area contributed by atoms with Crippen LogP contribution in [0.1, 0.15) is 11.1 Å². The van der Waals surface area contributed by atoms with Gasteiger partial charge in [-0.15, -0.1) is 0 Å². The lowest BCUT2D eigenvalue weighted by atomic mass is 10.1. The zero-order valence-electron chi connectivity index (χ0n) is 18.8. The monoisotopic (exact) mass is 519 g/mol. The maximum Gasteiger partial charge on any atom is 0.294 e. The van der Waals surface area contributed by atoms with E-state index in [1.54, 1.807) is 6.08 Å². The lowest BCUT2D eigenvalue weighted by molar-refractivity contribution is -0.127. The molecule has 9 heteroatoms. The molecule has 0 saturated carbocycles. The quantitative estimate of drug-likeness (QED) is 0.310. The first-order valence-corrected chi connectivity index (χ1v) is 12.2. The van der Waals surface area contributed by atoms with Crippen LogP contribution in [0.3, 0.4) is 0 Å². The van der Waals surface area contributed by atoms with E-state index in [0.717, 1.165) is 44.8 Å². The standard InChI is InChI=1S/C27H19ClFN3O3S/c28-22-10-3-1-6-17(22)14-31-15-18(21-9-2-4-11-23(21)31)12-24-26(34)32(27(35)36-24)16-25(33)30-20-8-5-7-19(29)13-20/h1-13,15H,14,16H2,(H,30,33)/b24-12+. The van der Waals surface area contributed by atoms with Crippen molar-refractivity contribution in [1.82, 2.24) is 9.47 Å². The Hall–Kier alpha value is -3.88. The largest absolute Gasteiger partial charge is 0.342 e. The van der Waals surface area contributed by atoms with Crippen LogP contribution in [0, 0.1) is 5.82 Å². The second kappa shape index (κ2) is 10.0. The minimum atomic E-state index is -0.597. The first kappa shape index (κ1) is 23.8. The number of aromatic nitrogens is 1. The second-order valence-corrected chi connectivity index (χ2v) is 9.55. The fourth-order valence-electron chi connectivity index (χ4n) is 4.02. The van der Waals surface area contributed by atoms with Crippen LogP contribution in [0.25, 0.3) is 17.0 Å². The molecule has 1 aromatic heterocycles. The molecule has 4 aromatic rings. The molecule has 1 N–H and O–H groups in total. The molecule has 5 rings (SSSR count). The van der Waals surface area contributed by atoms with Gasteiger partial charge in [0.2, 0.25) is 5.91 Å². The highest BCUT2D eigenvalue weighted by molar-refractivity contribution is 8.18. The number of carbonyl (C=O) groups excluding carboxylic acids is 3. The van der Waals surface area contributed by atoms with Gasteiger partial charge in [-0.3, -0.25) is 19.3 Å². The summed E-state index contributed by atoms with van der Waals surface area (Å²) in [5.41, 5.74) is 2.93. The third-order valence-electron chi connectivity index (χ3n) is 5.69. The van der Waals surface area contributed by atoms with Crippen molar-refractivity contribution in [3.63, 3.8) is 0 Å². The SMILES string of the molecule is O=C(CN1C(=O)S/C(=C/c2cn(Cc3ccccc3Cl)c3ccccc23)C1=O)Nc1cccc(F)c1. The number of para-hydroxylation sites is 1. The average molecular weight is 520 g/mol. The van der Waals surface area contributed by atoms with Crippen LogP contribution in [0.4, 0.5) is 14.9 Å². The highest BCUT2D eigenvalue weighted by Crippen LogP contribution is 2.34. The number of rotatable bonds is 6. The first-order valence-electron chi connectivity index (χ1n) is 11.0. The minimum absolute atomic E-state index is 0.221. The van der Waals surface area contributed by atoms with Crippen molar-refractivity contribution in [3.05, 3.63) is 106 Å². The molecular weight excluding hydrogens is 501 g/mol. The molecule has 36 heavy (non-hydrogen) atoms. The Labute approximate surface area is 215 Å². The number of benzene rings is 3. The molecule has 3 amide bonds. The topological polar surface area (TPSA) is 71.4 Å². The van der Waals surface area contributed by atoms with E-state index in [0.29, 0.717) is 11.6 Å². The van der Waals surface area contributed by atoms with Crippen LogP contribution >= 0.6 is 23.4 Å². The van der Waals surface area contributed by atoms with E-state index >= 15 is 0 Å². The summed E-state index contributed by atoms with van der Waals surface area (Å²) in [6.07, 6.45) is 3.58. The lowest BCUT2D eigenvalue weighted by Gasteiger charge is -2.12. The van der Waals surface area contributed by atoms with Gasteiger partial charge in [-0.1, -0.05) is 54.1 Å². The summed E-state index contributed by atoms with van der Waals surface area (Å²) < 4.78 is 15.4. The molecule has 0 aliphatic carbocycles. The minimum Gasteiger partial charge on any atom is -0.342 e. The predicted octanol–water partition coefficient (Wildman–Crippen LogP) is 6.16. The van der Waals surface area contributed by atoms with E-state index in [1.165, 1.54) is 18.2 Å². The van der Waals surface area contributed by atoms with Gasteiger partial charge in [0, 0.05) is 39.9 Å². The first-order chi connectivity index (χ1) is 17.4. The molecule has 0 atom stereocenters. The van der Waals surface area contributed by atoms with Gasteiger partial charge >= 0.3 is 0 Å². The number of halogens is 2. The summed E-state index contributed by atoms with van der Waals surface area (Å²) in [4.78, 5) is 39.0. The molecule has 0 unspecified atom stereocenters. The van der Waals surface area contributed by atoms with Crippen molar-refractivity contribution in [1.29, 1.82) is 0 Å². The van der Waals surface area contributed by atoms with Gasteiger partial charge in [-0.25, -0.2) is 4.39 Å². The van der Waals surface area contributed by atoms with E-state index in [9.17, 15) is 18.8 Å². The van der Waals surface area contributed by atoms with E-state index in [2.05, 4.69) is 5.32 Å². The van der Waals surface area contributed by atoms with E-state index in [1.807, 2.05) is 59.3 Å². The maximum absolute atomic E-state index is 13.4. The van der Waals surface area contributed by atoms with Crippen molar-refractivity contribution in [3.8, 4) is 0 Å². The second-order valence-electron chi connectivity index (χ2n) is 8.15. The van der Waals surface area contributed by atoms with E-state index < -0.39 is 29.4 Å². The summed E-state index contributed by atoms with van der Waals surface area (Å²) in [6.45, 7) is 0.0720. The molecule has 1 aliphatic rings. The Bertz CT molecular complexity index is 1550. The predicted molar refractivity (Wildman–Crippen MR) is 140 cm³/mol. The van der Waals surface area contributed by atoms with Crippen molar-refractivity contribution in [2.24, 2.45) is 0 Å². The van der Waals surface area contributed by atoms with Crippen LogP contribution in [0.2, 0.25) is 5.02 Å². The molecule has 1 fully saturated rings. The molecule has 0 spiro atoms. The molecule has 0 bridgehead atoms. The summed E-state index contributed by atoms with van der Waals surface area (Å²) in [5, 5.41) is 3.54. The highest BCUT2D eigenvalue weighted by Gasteiger charge is 2.36. The van der Waals surface area contributed by atoms with Crippen LogP contribution < -0.4 is 5.32 Å². The number of carbonyl (C=O) groups is 3. The number of nitrogens with one attached hydrogen (secondary N) is 1. The van der Waals surface area contributed by atoms with Crippen LogP contribution in [0.5, 0.6) is 0 Å². The summed E-state index contributed by atoms with van der Waals surface area (Å²) in [6, 6.07) is 20.7. The molecule has 2 heterocycles. The number of thioether (sulfide) groups is 1. The number of hydrogen-bond acceptors (Lipinski definition) is 4. The third kappa shape index (κ3) is 4.91. The summed E-state index contributed by atoms with van der Waals surface area (Å²) in [5.74, 6) is -1.65.